The molecule has 0 aliphatic carbocycles. The van der Waals surface area contributed by atoms with Crippen molar-refractivity contribution in [1.82, 2.24) is 0 Å². The molecule has 2 aromatic heterocycles. The summed E-state index contributed by atoms with van der Waals surface area (Å²) >= 11 is 3.37. The molecule has 0 bridgehead atoms. The van der Waals surface area contributed by atoms with Crippen molar-refractivity contribution in [3.8, 4) is 11.3 Å². The molecule has 0 amide bonds. The van der Waals surface area contributed by atoms with Crippen LogP contribution in [0.25, 0.3) is 11.3 Å². The lowest BCUT2D eigenvalue weighted by Gasteiger charge is -1.96. The lowest BCUT2D eigenvalue weighted by atomic mass is 10.2. The average molecular weight is 242 g/mol. The van der Waals surface area contributed by atoms with Crippen LogP contribution in [0.2, 0.25) is 0 Å². The molecule has 0 saturated heterocycles. The van der Waals surface area contributed by atoms with E-state index < -0.39 is 0 Å². The number of halogens is 1. The second-order valence-electron chi connectivity index (χ2n) is 2.56. The largest absolute Gasteiger partial charge is 0.467 e. The van der Waals surface area contributed by atoms with Gasteiger partial charge in [-0.3, -0.25) is 0 Å². The summed E-state index contributed by atoms with van der Waals surface area (Å²) in [6.45, 7) is 0.371. The van der Waals surface area contributed by atoms with Crippen molar-refractivity contribution in [3.63, 3.8) is 0 Å². The molecule has 0 aromatic carbocycles. The van der Waals surface area contributed by atoms with Gasteiger partial charge in [-0.1, -0.05) is 0 Å². The third-order valence-electron chi connectivity index (χ3n) is 1.79. The molecule has 68 valence electrons. The Morgan fingerprint density at radius 2 is 2.00 bits per heavy atom. The molecule has 2 rings (SSSR count). The summed E-state index contributed by atoms with van der Waals surface area (Å²) in [4.78, 5) is 0. The van der Waals surface area contributed by atoms with E-state index >= 15 is 0 Å². The minimum atomic E-state index is 0.371. The Labute approximate surface area is 83.6 Å². The number of furan rings is 2. The first-order valence-electron chi connectivity index (χ1n) is 3.82. The molecule has 0 aliphatic heterocycles. The van der Waals surface area contributed by atoms with Crippen molar-refractivity contribution in [3.05, 3.63) is 34.9 Å². The Hall–Kier alpha value is -1.00. The van der Waals surface area contributed by atoms with Crippen LogP contribution in [0.1, 0.15) is 5.76 Å². The van der Waals surface area contributed by atoms with Gasteiger partial charge in [-0.2, -0.15) is 0 Å². The van der Waals surface area contributed by atoms with Gasteiger partial charge in [0.15, 0.2) is 5.76 Å². The van der Waals surface area contributed by atoms with Gasteiger partial charge in [0.2, 0.25) is 0 Å². The maximum absolute atomic E-state index is 5.50. The fourth-order valence-corrected chi connectivity index (χ4v) is 1.60. The Morgan fingerprint density at radius 1 is 1.23 bits per heavy atom. The van der Waals surface area contributed by atoms with Crippen LogP contribution in [0.3, 0.4) is 0 Å². The van der Waals surface area contributed by atoms with E-state index in [1.807, 2.05) is 12.1 Å². The topological polar surface area (TPSA) is 52.3 Å². The summed E-state index contributed by atoms with van der Waals surface area (Å²) in [5.41, 5.74) is 6.40. The van der Waals surface area contributed by atoms with Gasteiger partial charge in [-0.05, 0) is 28.1 Å². The van der Waals surface area contributed by atoms with E-state index in [4.69, 9.17) is 14.6 Å². The minimum Gasteiger partial charge on any atom is -0.467 e. The first-order valence-corrected chi connectivity index (χ1v) is 4.62. The molecule has 0 aliphatic rings. The Morgan fingerprint density at radius 3 is 2.62 bits per heavy atom. The van der Waals surface area contributed by atoms with Crippen LogP contribution in [-0.2, 0) is 6.54 Å². The molecule has 0 unspecified atom stereocenters. The van der Waals surface area contributed by atoms with Gasteiger partial charge in [0, 0.05) is 0 Å². The van der Waals surface area contributed by atoms with Crippen molar-refractivity contribution >= 4 is 15.9 Å². The van der Waals surface area contributed by atoms with E-state index in [-0.39, 0.29) is 0 Å². The number of hydrogen-bond donors (Lipinski definition) is 1. The highest BCUT2D eigenvalue weighted by Crippen LogP contribution is 2.32. The van der Waals surface area contributed by atoms with Crippen molar-refractivity contribution in [2.24, 2.45) is 5.73 Å². The lowest BCUT2D eigenvalue weighted by Crippen LogP contribution is -1.95. The molecule has 0 saturated carbocycles. The molecule has 13 heavy (non-hydrogen) atoms. The molecule has 0 spiro atoms. The number of rotatable bonds is 2. The van der Waals surface area contributed by atoms with Crippen LogP contribution in [0.4, 0.5) is 0 Å². The van der Waals surface area contributed by atoms with Gasteiger partial charge >= 0.3 is 0 Å². The highest BCUT2D eigenvalue weighted by Gasteiger charge is 2.12. The molecular formula is C9H8BrNO2. The zero-order valence-electron chi connectivity index (χ0n) is 6.79. The second-order valence-corrected chi connectivity index (χ2v) is 3.41. The fourth-order valence-electron chi connectivity index (χ4n) is 1.19. The summed E-state index contributed by atoms with van der Waals surface area (Å²) in [6, 6.07) is 3.68. The van der Waals surface area contributed by atoms with Gasteiger partial charge in [-0.15, -0.1) is 0 Å². The van der Waals surface area contributed by atoms with E-state index in [2.05, 4.69) is 15.9 Å². The Kier molecular flexibility index (Phi) is 2.24. The maximum Gasteiger partial charge on any atom is 0.151 e. The smallest absolute Gasteiger partial charge is 0.151 e. The summed E-state index contributed by atoms with van der Waals surface area (Å²) in [6.07, 6.45) is 3.22. The van der Waals surface area contributed by atoms with Gasteiger partial charge in [0.1, 0.15) is 5.76 Å². The van der Waals surface area contributed by atoms with Crippen LogP contribution in [-0.4, -0.2) is 0 Å². The Balaban J connectivity index is 2.52. The molecular weight excluding hydrogens is 234 g/mol. The van der Waals surface area contributed by atoms with Crippen LogP contribution in [0.5, 0.6) is 0 Å². The molecule has 0 fully saturated rings. The quantitative estimate of drug-likeness (QED) is 0.880. The Bertz CT molecular complexity index is 405. The number of nitrogens with two attached hydrogens (primary N) is 1. The van der Waals surface area contributed by atoms with E-state index in [1.54, 1.807) is 12.5 Å². The predicted octanol–water partition coefficient (Wildman–Crippen LogP) is 2.76. The normalized spacial score (nSPS) is 10.6. The molecule has 3 nitrogen and oxygen atoms in total. The minimum absolute atomic E-state index is 0.371. The van der Waals surface area contributed by atoms with Gasteiger partial charge in [0.25, 0.3) is 0 Å². The molecule has 2 aromatic rings. The first kappa shape index (κ1) is 8.59. The van der Waals surface area contributed by atoms with E-state index in [0.29, 0.717) is 6.54 Å². The van der Waals surface area contributed by atoms with E-state index in [0.717, 1.165) is 21.6 Å². The summed E-state index contributed by atoms with van der Waals surface area (Å²) < 4.78 is 11.4. The van der Waals surface area contributed by atoms with Crippen molar-refractivity contribution in [1.29, 1.82) is 0 Å². The predicted molar refractivity (Wildman–Crippen MR) is 52.0 cm³/mol. The van der Waals surface area contributed by atoms with E-state index in [1.165, 1.54) is 0 Å². The third-order valence-corrected chi connectivity index (χ3v) is 2.42. The van der Waals surface area contributed by atoms with Crippen molar-refractivity contribution in [2.45, 2.75) is 6.54 Å². The third kappa shape index (κ3) is 1.43. The second kappa shape index (κ2) is 3.40. The highest BCUT2D eigenvalue weighted by atomic mass is 79.9. The van der Waals surface area contributed by atoms with Crippen molar-refractivity contribution < 1.29 is 8.83 Å². The SMILES string of the molecule is NCc1occc1-c1occc1Br. The van der Waals surface area contributed by atoms with Crippen LogP contribution >= 0.6 is 15.9 Å². The first-order chi connectivity index (χ1) is 6.33. The van der Waals surface area contributed by atoms with Gasteiger partial charge < -0.3 is 14.6 Å². The van der Waals surface area contributed by atoms with Crippen LogP contribution in [0.15, 0.2) is 38.0 Å². The summed E-state index contributed by atoms with van der Waals surface area (Å²) in [5, 5.41) is 0. The zero-order valence-corrected chi connectivity index (χ0v) is 8.37. The van der Waals surface area contributed by atoms with E-state index in [9.17, 15) is 0 Å². The monoisotopic (exact) mass is 241 g/mol. The molecule has 0 radical (unpaired) electrons. The van der Waals surface area contributed by atoms with Crippen LogP contribution < -0.4 is 5.73 Å². The lowest BCUT2D eigenvalue weighted by molar-refractivity contribution is 0.510. The average Bonchev–Trinajstić information content (AvgIpc) is 2.71. The van der Waals surface area contributed by atoms with Crippen molar-refractivity contribution in [2.75, 3.05) is 0 Å². The fraction of sp³-hybridized carbons (Fsp3) is 0.111. The molecule has 0 atom stereocenters. The molecule has 2 heterocycles. The highest BCUT2D eigenvalue weighted by molar-refractivity contribution is 9.10. The van der Waals surface area contributed by atoms with Gasteiger partial charge in [-0.25, -0.2) is 0 Å². The number of hydrogen-bond acceptors (Lipinski definition) is 3. The molecule has 4 heteroatoms. The summed E-state index contributed by atoms with van der Waals surface area (Å²) in [7, 11) is 0. The molecule has 2 N–H and O–H groups in total. The van der Waals surface area contributed by atoms with Gasteiger partial charge in [0.05, 0.1) is 29.1 Å². The maximum atomic E-state index is 5.50. The van der Waals surface area contributed by atoms with Crippen LogP contribution in [0, 0.1) is 0 Å². The summed E-state index contributed by atoms with van der Waals surface area (Å²) in [5.74, 6) is 1.49. The zero-order chi connectivity index (χ0) is 9.26. The standard InChI is InChI=1S/C9H8BrNO2/c10-7-2-4-13-9(7)6-1-3-12-8(6)5-11/h1-4H,5,11H2.